The van der Waals surface area contributed by atoms with E-state index in [1.807, 2.05) is 0 Å². The molecule has 0 aliphatic rings. The van der Waals surface area contributed by atoms with Crippen LogP contribution < -0.4 is 56.8 Å². The van der Waals surface area contributed by atoms with Gasteiger partial charge in [0.05, 0.1) is 0 Å². The Morgan fingerprint density at radius 3 is 2.29 bits per heavy atom. The molecule has 0 atom stereocenters. The Bertz CT molecular complexity index is 338. The predicted molar refractivity (Wildman–Crippen MR) is 45.3 cm³/mol. The summed E-state index contributed by atoms with van der Waals surface area (Å²) in [6.45, 7) is -3.44. The molecular formula is C8H7BF3KO. The van der Waals surface area contributed by atoms with E-state index >= 15 is 0 Å². The number of benzene rings is 1. The first-order valence-corrected chi connectivity index (χ1v) is 3.71. The number of rotatable bonds is 2. The third-order valence-electron chi connectivity index (χ3n) is 1.72. The van der Waals surface area contributed by atoms with Crippen LogP contribution in [0.1, 0.15) is 15.9 Å². The molecule has 0 unspecified atom stereocenters. The smallest absolute Gasteiger partial charge is 0.445 e. The Labute approximate surface area is 123 Å². The van der Waals surface area contributed by atoms with E-state index in [0.29, 0.717) is 5.56 Å². The summed E-state index contributed by atoms with van der Waals surface area (Å²) in [5, 5.41) is 0. The molecule has 0 aromatic heterocycles. The third kappa shape index (κ3) is 3.51. The van der Waals surface area contributed by atoms with Crippen molar-refractivity contribution in [2.75, 3.05) is 0 Å². The molecule has 1 aromatic carbocycles. The molecule has 0 aliphatic heterocycles. The zero-order valence-electron chi connectivity index (χ0n) is 7.93. The van der Waals surface area contributed by atoms with E-state index in [1.54, 1.807) is 6.92 Å². The van der Waals surface area contributed by atoms with Crippen LogP contribution in [-0.2, 0) is 0 Å². The molecule has 0 radical (unpaired) electrons. The van der Waals surface area contributed by atoms with Crippen LogP contribution in [-0.4, -0.2) is 13.3 Å². The minimum atomic E-state index is -5.08. The Balaban J connectivity index is 0.00000169. The monoisotopic (exact) mass is 226 g/mol. The van der Waals surface area contributed by atoms with Crippen molar-refractivity contribution in [1.82, 2.24) is 0 Å². The first-order valence-electron chi connectivity index (χ1n) is 3.71. The van der Waals surface area contributed by atoms with Gasteiger partial charge in [-0.3, -0.25) is 4.79 Å². The number of halogens is 3. The van der Waals surface area contributed by atoms with Crippen LogP contribution in [0.5, 0.6) is 0 Å². The molecular weight excluding hydrogens is 219 g/mol. The minimum absolute atomic E-state index is 0. The SMILES string of the molecule is Cc1ccc([B-](F)(F)F)c(C=O)c1.[K+]. The van der Waals surface area contributed by atoms with E-state index in [0.717, 1.165) is 6.07 Å². The molecule has 70 valence electrons. The van der Waals surface area contributed by atoms with E-state index in [-0.39, 0.29) is 63.2 Å². The van der Waals surface area contributed by atoms with Gasteiger partial charge < -0.3 is 12.9 Å². The van der Waals surface area contributed by atoms with Crippen molar-refractivity contribution in [3.63, 3.8) is 0 Å². The van der Waals surface area contributed by atoms with Crippen molar-refractivity contribution in [1.29, 1.82) is 0 Å². The van der Waals surface area contributed by atoms with Crippen LogP contribution >= 0.6 is 0 Å². The predicted octanol–water partition coefficient (Wildman–Crippen LogP) is -1.13. The average Bonchev–Trinajstić information content (AvgIpc) is 2.01. The molecule has 0 aliphatic carbocycles. The first-order chi connectivity index (χ1) is 5.95. The number of aryl methyl sites for hydroxylation is 1. The summed E-state index contributed by atoms with van der Waals surface area (Å²) in [5.41, 5.74) is -0.459. The molecule has 0 N–H and O–H groups in total. The van der Waals surface area contributed by atoms with Crippen LogP contribution in [0.25, 0.3) is 0 Å². The van der Waals surface area contributed by atoms with E-state index in [1.165, 1.54) is 12.1 Å². The van der Waals surface area contributed by atoms with Crippen LogP contribution in [0.3, 0.4) is 0 Å². The molecule has 0 heterocycles. The number of aldehydes is 1. The number of hydrogen-bond acceptors (Lipinski definition) is 1. The molecule has 0 saturated carbocycles. The maximum absolute atomic E-state index is 12.3. The Morgan fingerprint density at radius 1 is 1.29 bits per heavy atom. The van der Waals surface area contributed by atoms with Crippen LogP contribution in [0.4, 0.5) is 12.9 Å². The number of hydrogen-bond donors (Lipinski definition) is 0. The molecule has 1 rings (SSSR count). The maximum atomic E-state index is 12.3. The van der Waals surface area contributed by atoms with Gasteiger partial charge in [0.25, 0.3) is 0 Å². The Hall–Kier alpha value is 0.381. The molecule has 1 aromatic rings. The second kappa shape index (κ2) is 5.46. The van der Waals surface area contributed by atoms with Gasteiger partial charge in [0.15, 0.2) is 0 Å². The molecule has 14 heavy (non-hydrogen) atoms. The van der Waals surface area contributed by atoms with Crippen molar-refractivity contribution >= 4 is 18.7 Å². The molecule has 0 amide bonds. The van der Waals surface area contributed by atoms with Crippen LogP contribution in [0, 0.1) is 6.92 Å². The number of carbonyl (C=O) groups is 1. The first kappa shape index (κ1) is 14.4. The van der Waals surface area contributed by atoms with Crippen molar-refractivity contribution in [2.45, 2.75) is 6.92 Å². The zero-order valence-corrected chi connectivity index (χ0v) is 11.1. The quantitative estimate of drug-likeness (QED) is 0.460. The van der Waals surface area contributed by atoms with Gasteiger partial charge in [0, 0.05) is 0 Å². The van der Waals surface area contributed by atoms with Gasteiger partial charge in [0.2, 0.25) is 0 Å². The minimum Gasteiger partial charge on any atom is -0.445 e. The maximum Gasteiger partial charge on any atom is 1.00 e. The van der Waals surface area contributed by atoms with E-state index in [4.69, 9.17) is 0 Å². The van der Waals surface area contributed by atoms with Gasteiger partial charge in [-0.15, -0.1) is 0 Å². The molecule has 0 fully saturated rings. The van der Waals surface area contributed by atoms with Gasteiger partial charge in [-0.05, 0) is 12.5 Å². The summed E-state index contributed by atoms with van der Waals surface area (Å²) in [6.07, 6.45) is 0.234. The van der Waals surface area contributed by atoms with Crippen LogP contribution in [0.2, 0.25) is 0 Å². The van der Waals surface area contributed by atoms with E-state index in [2.05, 4.69) is 0 Å². The molecule has 0 spiro atoms. The zero-order chi connectivity index (χ0) is 10.1. The summed E-state index contributed by atoms with van der Waals surface area (Å²) < 4.78 is 36.8. The fourth-order valence-electron chi connectivity index (χ4n) is 1.09. The van der Waals surface area contributed by atoms with E-state index in [9.17, 15) is 17.7 Å². The van der Waals surface area contributed by atoms with Crippen molar-refractivity contribution in [2.24, 2.45) is 0 Å². The summed E-state index contributed by atoms with van der Waals surface area (Å²) in [5.74, 6) is 0. The van der Waals surface area contributed by atoms with Crippen molar-refractivity contribution < 1.29 is 69.1 Å². The van der Waals surface area contributed by atoms with Gasteiger partial charge in [0.1, 0.15) is 6.29 Å². The van der Waals surface area contributed by atoms with Gasteiger partial charge in [-0.1, -0.05) is 29.2 Å². The second-order valence-electron chi connectivity index (χ2n) is 2.82. The normalized spacial score (nSPS) is 10.6. The number of carbonyl (C=O) groups excluding carboxylic acids is 1. The fourth-order valence-corrected chi connectivity index (χ4v) is 1.09. The largest absolute Gasteiger partial charge is 1.00 e. The van der Waals surface area contributed by atoms with Crippen molar-refractivity contribution in [3.8, 4) is 0 Å². The van der Waals surface area contributed by atoms with Crippen LogP contribution in [0.15, 0.2) is 18.2 Å². The van der Waals surface area contributed by atoms with Crippen molar-refractivity contribution in [3.05, 3.63) is 29.3 Å². The summed E-state index contributed by atoms with van der Waals surface area (Å²) in [4.78, 5) is 10.3. The van der Waals surface area contributed by atoms with Gasteiger partial charge in [-0.2, -0.15) is 0 Å². The molecule has 1 nitrogen and oxygen atoms in total. The Morgan fingerprint density at radius 2 is 1.86 bits per heavy atom. The molecule has 0 saturated heterocycles. The fraction of sp³-hybridized carbons (Fsp3) is 0.125. The molecule has 0 bridgehead atoms. The second-order valence-corrected chi connectivity index (χ2v) is 2.82. The average molecular weight is 226 g/mol. The topological polar surface area (TPSA) is 17.1 Å². The Kier molecular flexibility index (Phi) is 5.61. The standard InChI is InChI=1S/C8H7BF3O.K/c1-6-2-3-8(9(10,11)12)7(4-6)5-13;/h2-5H,1H3;/q-1;+1. The summed E-state index contributed by atoms with van der Waals surface area (Å²) in [6, 6.07) is 3.52. The summed E-state index contributed by atoms with van der Waals surface area (Å²) in [7, 11) is 0. The van der Waals surface area contributed by atoms with E-state index < -0.39 is 12.4 Å². The van der Waals surface area contributed by atoms with Gasteiger partial charge >= 0.3 is 58.4 Å². The third-order valence-corrected chi connectivity index (χ3v) is 1.72. The van der Waals surface area contributed by atoms with Gasteiger partial charge in [-0.25, -0.2) is 0 Å². The summed E-state index contributed by atoms with van der Waals surface area (Å²) >= 11 is 0. The molecule has 6 heteroatoms.